The average Bonchev–Trinajstić information content (AvgIpc) is 2.75. The summed E-state index contributed by atoms with van der Waals surface area (Å²) < 4.78 is 0. The van der Waals surface area contributed by atoms with E-state index >= 15 is 0 Å². The third-order valence-corrected chi connectivity index (χ3v) is 5.08. The van der Waals surface area contributed by atoms with E-state index in [1.54, 1.807) is 0 Å². The van der Waals surface area contributed by atoms with E-state index in [1.807, 2.05) is 6.08 Å². The minimum atomic E-state index is 0.120. The van der Waals surface area contributed by atoms with Gasteiger partial charge >= 0.3 is 0 Å². The van der Waals surface area contributed by atoms with E-state index in [4.69, 9.17) is 0 Å². The Bertz CT molecular complexity index is 651. The highest BCUT2D eigenvalue weighted by Crippen LogP contribution is 2.54. The highest BCUT2D eigenvalue weighted by molar-refractivity contribution is 5.46. The van der Waals surface area contributed by atoms with Crippen molar-refractivity contribution in [1.82, 2.24) is 0 Å². The highest BCUT2D eigenvalue weighted by atomic mass is 14.5. The number of rotatable bonds is 2. The van der Waals surface area contributed by atoms with E-state index in [0.717, 1.165) is 5.92 Å². The van der Waals surface area contributed by atoms with Gasteiger partial charge in [-0.05, 0) is 53.9 Å². The van der Waals surface area contributed by atoms with Crippen LogP contribution in [0.1, 0.15) is 45.6 Å². The molecule has 1 aromatic rings. The smallest absolute Gasteiger partial charge is 0.0210 e. The maximum atomic E-state index is 3.20. The van der Waals surface area contributed by atoms with Gasteiger partial charge < -0.3 is 0 Å². The van der Waals surface area contributed by atoms with Crippen LogP contribution >= 0.6 is 0 Å². The topological polar surface area (TPSA) is 0 Å². The minimum absolute atomic E-state index is 0.120. The predicted octanol–water partition coefficient (Wildman–Crippen LogP) is 5.98. The summed E-state index contributed by atoms with van der Waals surface area (Å²) in [6.45, 7) is 7.26. The first-order chi connectivity index (χ1) is 10.5. The molecule has 0 saturated heterocycles. The summed E-state index contributed by atoms with van der Waals surface area (Å²) in [5.41, 5.74) is 6.58. The Kier molecular flexibility index (Phi) is 3.98. The Morgan fingerprint density at radius 2 is 1.82 bits per heavy atom. The molecule has 1 aromatic carbocycles. The van der Waals surface area contributed by atoms with Gasteiger partial charge in [-0.3, -0.25) is 0 Å². The molecular weight excluding hydrogens is 264 g/mol. The molecule has 2 aliphatic carbocycles. The second kappa shape index (κ2) is 5.78. The molecule has 1 saturated carbocycles. The van der Waals surface area contributed by atoms with Gasteiger partial charge in [0.05, 0.1) is 0 Å². The summed E-state index contributed by atoms with van der Waals surface area (Å²) in [6, 6.07) is 11.1. The van der Waals surface area contributed by atoms with Crippen molar-refractivity contribution in [2.45, 2.75) is 45.4 Å². The van der Waals surface area contributed by atoms with Gasteiger partial charge in [0, 0.05) is 5.41 Å². The molecule has 0 bridgehead atoms. The molecular formula is C22H26. The number of hydrogen-bond acceptors (Lipinski definition) is 0. The van der Waals surface area contributed by atoms with Gasteiger partial charge in [0.2, 0.25) is 0 Å². The third-order valence-electron chi connectivity index (χ3n) is 5.08. The SMILES string of the molecule is CC1CC(C)(C)CC(C2=CC=C=CC=C2)(c2ccccc2)C1. The molecule has 2 atom stereocenters. The van der Waals surface area contributed by atoms with Crippen molar-refractivity contribution in [3.63, 3.8) is 0 Å². The van der Waals surface area contributed by atoms with Crippen molar-refractivity contribution in [3.05, 3.63) is 77.6 Å². The Balaban J connectivity index is 2.15. The fourth-order valence-corrected chi connectivity index (χ4v) is 4.71. The molecule has 0 aromatic heterocycles. The summed E-state index contributed by atoms with van der Waals surface area (Å²) in [4.78, 5) is 0. The molecule has 1 fully saturated rings. The Morgan fingerprint density at radius 1 is 1.05 bits per heavy atom. The molecule has 3 rings (SSSR count). The summed E-state index contributed by atoms with van der Waals surface area (Å²) in [6.07, 6.45) is 14.5. The quantitative estimate of drug-likeness (QED) is 0.588. The zero-order chi connectivity index (χ0) is 15.6. The van der Waals surface area contributed by atoms with E-state index < -0.39 is 0 Å². The van der Waals surface area contributed by atoms with Crippen LogP contribution in [0.15, 0.2) is 72.0 Å². The first-order valence-electron chi connectivity index (χ1n) is 8.37. The van der Waals surface area contributed by atoms with Crippen molar-refractivity contribution in [1.29, 1.82) is 0 Å². The minimum Gasteiger partial charge on any atom is -0.121 e. The molecule has 114 valence electrons. The molecule has 0 nitrogen and oxygen atoms in total. The second-order valence-electron chi connectivity index (χ2n) is 7.78. The summed E-state index contributed by atoms with van der Waals surface area (Å²) in [5.74, 6) is 0.735. The van der Waals surface area contributed by atoms with Crippen LogP contribution in [0, 0.1) is 11.3 Å². The molecule has 0 heteroatoms. The van der Waals surface area contributed by atoms with Gasteiger partial charge in [-0.2, -0.15) is 0 Å². The molecule has 2 unspecified atom stereocenters. The lowest BCUT2D eigenvalue weighted by Crippen LogP contribution is -2.41. The lowest BCUT2D eigenvalue weighted by atomic mass is 9.55. The van der Waals surface area contributed by atoms with Crippen molar-refractivity contribution in [2.75, 3.05) is 0 Å². The molecule has 0 heterocycles. The van der Waals surface area contributed by atoms with Gasteiger partial charge in [-0.1, -0.05) is 69.3 Å². The lowest BCUT2D eigenvalue weighted by Gasteiger charge is -2.49. The van der Waals surface area contributed by atoms with E-state index in [9.17, 15) is 0 Å². The van der Waals surface area contributed by atoms with Crippen LogP contribution in [0.3, 0.4) is 0 Å². The summed E-state index contributed by atoms with van der Waals surface area (Å²) >= 11 is 0. The number of hydrogen-bond donors (Lipinski definition) is 0. The largest absolute Gasteiger partial charge is 0.121 e. The highest BCUT2D eigenvalue weighted by Gasteiger charge is 2.45. The Labute approximate surface area is 135 Å². The number of allylic oxidation sites excluding steroid dienone is 5. The summed E-state index contributed by atoms with van der Waals surface area (Å²) in [7, 11) is 0. The molecule has 0 N–H and O–H groups in total. The first kappa shape index (κ1) is 15.1. The van der Waals surface area contributed by atoms with E-state index in [-0.39, 0.29) is 5.41 Å². The number of benzene rings is 1. The maximum Gasteiger partial charge on any atom is 0.0210 e. The van der Waals surface area contributed by atoms with Gasteiger partial charge in [-0.25, -0.2) is 0 Å². The van der Waals surface area contributed by atoms with Gasteiger partial charge in [0.1, 0.15) is 0 Å². The average molecular weight is 290 g/mol. The molecule has 0 spiro atoms. The van der Waals surface area contributed by atoms with Crippen LogP contribution < -0.4 is 0 Å². The fourth-order valence-electron chi connectivity index (χ4n) is 4.71. The molecule has 22 heavy (non-hydrogen) atoms. The van der Waals surface area contributed by atoms with Gasteiger partial charge in [0.25, 0.3) is 0 Å². The van der Waals surface area contributed by atoms with Crippen molar-refractivity contribution in [3.8, 4) is 0 Å². The maximum absolute atomic E-state index is 3.20. The van der Waals surface area contributed by atoms with E-state index in [2.05, 4.69) is 81.1 Å². The van der Waals surface area contributed by atoms with Crippen molar-refractivity contribution < 1.29 is 0 Å². The Morgan fingerprint density at radius 3 is 2.55 bits per heavy atom. The van der Waals surface area contributed by atoms with Crippen LogP contribution in [-0.2, 0) is 5.41 Å². The van der Waals surface area contributed by atoms with Gasteiger partial charge in [0.15, 0.2) is 0 Å². The summed E-state index contributed by atoms with van der Waals surface area (Å²) in [5, 5.41) is 0. The second-order valence-corrected chi connectivity index (χ2v) is 7.78. The van der Waals surface area contributed by atoms with E-state index in [0.29, 0.717) is 5.41 Å². The van der Waals surface area contributed by atoms with Crippen LogP contribution in [0.4, 0.5) is 0 Å². The van der Waals surface area contributed by atoms with E-state index in [1.165, 1.54) is 30.4 Å². The van der Waals surface area contributed by atoms with Crippen LogP contribution in [0.2, 0.25) is 0 Å². The van der Waals surface area contributed by atoms with Crippen LogP contribution in [0.5, 0.6) is 0 Å². The lowest BCUT2D eigenvalue weighted by molar-refractivity contribution is 0.126. The molecule has 0 radical (unpaired) electrons. The first-order valence-corrected chi connectivity index (χ1v) is 8.37. The Hall–Kier alpha value is -1.78. The third kappa shape index (κ3) is 2.89. The molecule has 0 aliphatic heterocycles. The molecule has 2 aliphatic rings. The zero-order valence-corrected chi connectivity index (χ0v) is 14.0. The molecule has 0 amide bonds. The van der Waals surface area contributed by atoms with Gasteiger partial charge in [-0.15, -0.1) is 5.73 Å². The zero-order valence-electron chi connectivity index (χ0n) is 14.0. The van der Waals surface area contributed by atoms with Crippen molar-refractivity contribution in [2.24, 2.45) is 11.3 Å². The van der Waals surface area contributed by atoms with Crippen molar-refractivity contribution >= 4 is 0 Å². The standard InChI is InChI=1S/C22H26/c1-18-15-21(2,3)17-22(16-18,20-13-9-6-10-14-20)19-11-7-4-5-8-12-19/h4,6-14,18H,15-17H2,1-3H3. The monoisotopic (exact) mass is 290 g/mol. The predicted molar refractivity (Wildman–Crippen MR) is 94.8 cm³/mol. The fraction of sp³-hybridized carbons (Fsp3) is 0.409. The normalized spacial score (nSPS) is 30.0. The van der Waals surface area contributed by atoms with Crippen LogP contribution in [-0.4, -0.2) is 0 Å². The van der Waals surface area contributed by atoms with Crippen LogP contribution in [0.25, 0.3) is 0 Å².